The Bertz CT molecular complexity index is 883. The number of carbonyl (C=O) groups is 1. The lowest BCUT2D eigenvalue weighted by atomic mass is 9.74. The molecule has 0 unspecified atom stereocenters. The molecular formula is C25H30BrNO2. The number of nitrogens with zero attached hydrogens (tertiary/aromatic N) is 1. The maximum atomic E-state index is 14.0. The fourth-order valence-corrected chi connectivity index (χ4v) is 5.68. The van der Waals surface area contributed by atoms with Crippen LogP contribution in [0.3, 0.4) is 0 Å². The van der Waals surface area contributed by atoms with Crippen LogP contribution in [0, 0.1) is 11.3 Å². The third kappa shape index (κ3) is 3.77. The summed E-state index contributed by atoms with van der Waals surface area (Å²) in [6.45, 7) is 7.13. The summed E-state index contributed by atoms with van der Waals surface area (Å²) in [5, 5.41) is 0. The maximum absolute atomic E-state index is 14.0. The van der Waals surface area contributed by atoms with E-state index in [1.165, 1.54) is 11.1 Å². The first-order valence-corrected chi connectivity index (χ1v) is 11.4. The first-order chi connectivity index (χ1) is 13.8. The lowest BCUT2D eigenvalue weighted by molar-refractivity contribution is -0.142. The molecule has 2 aliphatic heterocycles. The number of aryl methyl sites for hydroxylation is 1. The highest BCUT2D eigenvalue weighted by Crippen LogP contribution is 2.52. The van der Waals surface area contributed by atoms with Crippen molar-refractivity contribution in [1.82, 2.24) is 4.90 Å². The summed E-state index contributed by atoms with van der Waals surface area (Å²) < 4.78 is 7.39. The Morgan fingerprint density at radius 1 is 1.14 bits per heavy atom. The quantitative estimate of drug-likeness (QED) is 0.565. The van der Waals surface area contributed by atoms with Gasteiger partial charge in [-0.25, -0.2) is 0 Å². The second kappa shape index (κ2) is 7.88. The van der Waals surface area contributed by atoms with Gasteiger partial charge in [0.1, 0.15) is 5.72 Å². The molecule has 1 amide bonds. The van der Waals surface area contributed by atoms with Gasteiger partial charge in [-0.1, -0.05) is 78.3 Å². The molecule has 154 valence electrons. The van der Waals surface area contributed by atoms with Gasteiger partial charge in [0.15, 0.2) is 0 Å². The molecule has 2 fully saturated rings. The first-order valence-electron chi connectivity index (χ1n) is 10.6. The Kier molecular flexibility index (Phi) is 5.60. The van der Waals surface area contributed by atoms with Gasteiger partial charge in [0.25, 0.3) is 0 Å². The highest BCUT2D eigenvalue weighted by molar-refractivity contribution is 9.10. The number of rotatable bonds is 6. The van der Waals surface area contributed by atoms with E-state index in [0.29, 0.717) is 12.5 Å². The SMILES string of the molecule is CC(C)[C@H]1CO[C@]2(C)C[C@](CCc3ccccc3Br)(Cc3ccccc3)C(=O)N12. The van der Waals surface area contributed by atoms with Gasteiger partial charge in [0.2, 0.25) is 5.91 Å². The molecule has 0 N–H and O–H groups in total. The Morgan fingerprint density at radius 3 is 2.52 bits per heavy atom. The molecule has 0 bridgehead atoms. The molecule has 0 aromatic heterocycles. The lowest BCUT2D eigenvalue weighted by Gasteiger charge is -2.32. The van der Waals surface area contributed by atoms with E-state index >= 15 is 0 Å². The van der Waals surface area contributed by atoms with Gasteiger partial charge in [-0.15, -0.1) is 0 Å². The van der Waals surface area contributed by atoms with Gasteiger partial charge in [-0.3, -0.25) is 4.79 Å². The zero-order valence-electron chi connectivity index (χ0n) is 17.5. The molecule has 2 aliphatic rings. The van der Waals surface area contributed by atoms with Crippen molar-refractivity contribution in [2.75, 3.05) is 6.61 Å². The molecule has 0 saturated carbocycles. The largest absolute Gasteiger partial charge is 0.354 e. The van der Waals surface area contributed by atoms with E-state index in [0.717, 1.165) is 30.2 Å². The standard InChI is InChI=1S/C25H30BrNO2/c1-18(2)22-16-29-24(3)17-25(23(28)27(22)24,15-19-9-5-4-6-10-19)14-13-20-11-7-8-12-21(20)26/h4-12,18,22H,13-17H2,1-3H3/t22-,24-,25+/m1/s1. The van der Waals surface area contributed by atoms with E-state index < -0.39 is 11.1 Å². The van der Waals surface area contributed by atoms with Gasteiger partial charge in [-0.2, -0.15) is 0 Å². The summed E-state index contributed by atoms with van der Waals surface area (Å²) in [5.74, 6) is 0.656. The molecule has 4 heteroatoms. The van der Waals surface area contributed by atoms with Crippen LogP contribution in [0.4, 0.5) is 0 Å². The predicted molar refractivity (Wildman–Crippen MR) is 119 cm³/mol. The third-order valence-electron chi connectivity index (χ3n) is 6.73. The van der Waals surface area contributed by atoms with Gasteiger partial charge in [0, 0.05) is 10.9 Å². The smallest absolute Gasteiger partial charge is 0.231 e. The Labute approximate surface area is 182 Å². The molecule has 2 heterocycles. The predicted octanol–water partition coefficient (Wildman–Crippen LogP) is 5.61. The van der Waals surface area contributed by atoms with Crippen molar-refractivity contribution < 1.29 is 9.53 Å². The van der Waals surface area contributed by atoms with Crippen molar-refractivity contribution in [3.05, 3.63) is 70.2 Å². The van der Waals surface area contributed by atoms with Gasteiger partial charge >= 0.3 is 0 Å². The van der Waals surface area contributed by atoms with Crippen LogP contribution < -0.4 is 0 Å². The fourth-order valence-electron chi connectivity index (χ4n) is 5.19. The fraction of sp³-hybridized carbons (Fsp3) is 0.480. The van der Waals surface area contributed by atoms with Crippen LogP contribution in [0.1, 0.15) is 44.7 Å². The molecule has 3 nitrogen and oxygen atoms in total. The molecule has 0 aliphatic carbocycles. The molecule has 4 rings (SSSR count). The highest BCUT2D eigenvalue weighted by Gasteiger charge is 2.62. The van der Waals surface area contributed by atoms with Gasteiger partial charge in [0.05, 0.1) is 18.1 Å². The number of halogens is 1. The summed E-state index contributed by atoms with van der Waals surface area (Å²) in [5.41, 5.74) is 1.55. The van der Waals surface area contributed by atoms with Crippen molar-refractivity contribution in [1.29, 1.82) is 0 Å². The monoisotopic (exact) mass is 455 g/mol. The van der Waals surface area contributed by atoms with Crippen molar-refractivity contribution >= 4 is 21.8 Å². The number of carbonyl (C=O) groups excluding carboxylic acids is 1. The van der Waals surface area contributed by atoms with Crippen molar-refractivity contribution in [2.45, 2.75) is 58.2 Å². The number of hydrogen-bond donors (Lipinski definition) is 0. The van der Waals surface area contributed by atoms with E-state index in [1.54, 1.807) is 0 Å². The summed E-state index contributed by atoms with van der Waals surface area (Å²) in [6.07, 6.45) is 3.21. The van der Waals surface area contributed by atoms with Gasteiger partial charge in [-0.05, 0) is 49.3 Å². The normalized spacial score (nSPS) is 28.9. The van der Waals surface area contributed by atoms with Crippen molar-refractivity contribution in [3.8, 4) is 0 Å². The van der Waals surface area contributed by atoms with Crippen LogP contribution >= 0.6 is 15.9 Å². The number of hydrogen-bond acceptors (Lipinski definition) is 2. The van der Waals surface area contributed by atoms with E-state index in [2.05, 4.69) is 84.1 Å². The van der Waals surface area contributed by atoms with E-state index in [9.17, 15) is 4.79 Å². The molecule has 2 saturated heterocycles. The van der Waals surface area contributed by atoms with Crippen molar-refractivity contribution in [2.24, 2.45) is 11.3 Å². The van der Waals surface area contributed by atoms with E-state index in [-0.39, 0.29) is 11.9 Å². The summed E-state index contributed by atoms with van der Waals surface area (Å²) >= 11 is 3.67. The molecule has 29 heavy (non-hydrogen) atoms. The zero-order valence-corrected chi connectivity index (χ0v) is 19.1. The highest BCUT2D eigenvalue weighted by atomic mass is 79.9. The van der Waals surface area contributed by atoms with Crippen LogP contribution in [-0.2, 0) is 22.4 Å². The second-order valence-corrected chi connectivity index (χ2v) is 10.0. The average Bonchev–Trinajstić information content (AvgIpc) is 3.13. The van der Waals surface area contributed by atoms with Crippen LogP contribution in [0.2, 0.25) is 0 Å². The van der Waals surface area contributed by atoms with Crippen molar-refractivity contribution in [3.63, 3.8) is 0 Å². The Morgan fingerprint density at radius 2 is 1.83 bits per heavy atom. The zero-order chi connectivity index (χ0) is 20.6. The first kappa shape index (κ1) is 20.6. The average molecular weight is 456 g/mol. The number of fused-ring (bicyclic) bond motifs is 1. The summed E-state index contributed by atoms with van der Waals surface area (Å²) in [6, 6.07) is 18.9. The molecular weight excluding hydrogens is 426 g/mol. The van der Waals surface area contributed by atoms with E-state index in [1.807, 2.05) is 12.1 Å². The molecule has 2 aromatic rings. The molecule has 0 radical (unpaired) electrons. The second-order valence-electron chi connectivity index (χ2n) is 9.18. The summed E-state index contributed by atoms with van der Waals surface area (Å²) in [4.78, 5) is 16.1. The minimum absolute atomic E-state index is 0.161. The van der Waals surface area contributed by atoms with Gasteiger partial charge < -0.3 is 9.64 Å². The molecule has 3 atom stereocenters. The van der Waals surface area contributed by atoms with Crippen LogP contribution in [0.15, 0.2) is 59.1 Å². The Hall–Kier alpha value is -1.65. The minimum atomic E-state index is -0.491. The van der Waals surface area contributed by atoms with E-state index in [4.69, 9.17) is 4.74 Å². The topological polar surface area (TPSA) is 29.5 Å². The Balaban J connectivity index is 1.68. The molecule has 0 spiro atoms. The van der Waals surface area contributed by atoms with Crippen LogP contribution in [0.5, 0.6) is 0 Å². The number of ether oxygens (including phenoxy) is 1. The lowest BCUT2D eigenvalue weighted by Crippen LogP contribution is -2.47. The molecule has 2 aromatic carbocycles. The minimum Gasteiger partial charge on any atom is -0.354 e. The third-order valence-corrected chi connectivity index (χ3v) is 7.50. The number of amides is 1. The van der Waals surface area contributed by atoms with Crippen LogP contribution in [0.25, 0.3) is 0 Å². The van der Waals surface area contributed by atoms with Crippen LogP contribution in [-0.4, -0.2) is 29.2 Å². The maximum Gasteiger partial charge on any atom is 0.231 e. The number of benzene rings is 2. The summed E-state index contributed by atoms with van der Waals surface area (Å²) in [7, 11) is 0.